The molecule has 3 N–H and O–H groups in total. The summed E-state index contributed by atoms with van der Waals surface area (Å²) in [5.41, 5.74) is 10.4. The first kappa shape index (κ1) is 21.7. The number of benzene rings is 2. The molecule has 0 radical (unpaired) electrons. The molecule has 35 heavy (non-hydrogen) atoms. The van der Waals surface area contributed by atoms with Gasteiger partial charge < -0.3 is 10.6 Å². The molecule has 1 aliphatic carbocycles. The molecule has 3 atom stereocenters. The Labute approximate surface area is 202 Å². The minimum atomic E-state index is -0.458. The molecule has 0 spiro atoms. The molecule has 1 aliphatic heterocycles. The van der Waals surface area contributed by atoms with Crippen molar-refractivity contribution in [1.82, 2.24) is 20.2 Å². The Morgan fingerprint density at radius 1 is 1.26 bits per heavy atom. The normalized spacial score (nSPS) is 23.3. The zero-order chi connectivity index (χ0) is 24.3. The zero-order valence-corrected chi connectivity index (χ0v) is 19.8. The monoisotopic (exact) mass is 470 g/mol. The van der Waals surface area contributed by atoms with Gasteiger partial charge in [-0.05, 0) is 60.9 Å². The number of aromatic amines is 1. The molecular weight excluding hydrogens is 443 g/mol. The molecule has 1 saturated heterocycles. The van der Waals surface area contributed by atoms with Crippen LogP contribution in [0.4, 0.5) is 10.2 Å². The second-order valence-electron chi connectivity index (χ2n) is 9.71. The van der Waals surface area contributed by atoms with Crippen LogP contribution >= 0.6 is 0 Å². The molecule has 4 aromatic rings. The Kier molecular flexibility index (Phi) is 4.88. The minimum Gasteiger partial charge on any atom is -0.366 e. The van der Waals surface area contributed by atoms with Crippen LogP contribution in [0.25, 0.3) is 22.4 Å². The number of H-pyrrole nitrogens is 1. The fraction of sp³-hybridized carbons (Fsp3) is 0.333. The smallest absolute Gasteiger partial charge is 0.248 e. The van der Waals surface area contributed by atoms with Gasteiger partial charge in [0, 0.05) is 29.6 Å². The van der Waals surface area contributed by atoms with Gasteiger partial charge in [-0.1, -0.05) is 31.2 Å². The topological polar surface area (TPSA) is 101 Å². The predicted octanol–water partition coefficient (Wildman–Crippen LogP) is 4.37. The summed E-state index contributed by atoms with van der Waals surface area (Å²) in [4.78, 5) is 23.3. The van der Waals surface area contributed by atoms with Crippen molar-refractivity contribution in [2.75, 3.05) is 18.0 Å². The lowest BCUT2D eigenvalue weighted by Crippen LogP contribution is -2.32. The van der Waals surface area contributed by atoms with Crippen LogP contribution < -0.4 is 10.6 Å². The summed E-state index contributed by atoms with van der Waals surface area (Å²) in [6.45, 7) is 5.79. The van der Waals surface area contributed by atoms with Crippen LogP contribution in [0.1, 0.15) is 41.3 Å². The SMILES string of the molecule is CC[C@]1(c2ccccc2F)[C@@H]2CCN(c3cnc4c(-c5ccc(C(N)=O)cc5C)[nH]nc4n3)C[C@@H]21. The number of carbonyl (C=O) groups excluding carboxylic acids is 1. The second kappa shape index (κ2) is 7.86. The van der Waals surface area contributed by atoms with Crippen molar-refractivity contribution in [2.24, 2.45) is 17.6 Å². The fourth-order valence-electron chi connectivity index (χ4n) is 6.36. The summed E-state index contributed by atoms with van der Waals surface area (Å²) >= 11 is 0. The number of fused-ring (bicyclic) bond motifs is 2. The maximum Gasteiger partial charge on any atom is 0.248 e. The Morgan fingerprint density at radius 2 is 2.09 bits per heavy atom. The van der Waals surface area contributed by atoms with Crippen LogP contribution in [0.2, 0.25) is 0 Å². The van der Waals surface area contributed by atoms with E-state index in [2.05, 4.69) is 22.0 Å². The molecule has 7 nitrogen and oxygen atoms in total. The third-order valence-electron chi connectivity index (χ3n) is 8.14. The highest BCUT2D eigenvalue weighted by Gasteiger charge is 2.65. The minimum absolute atomic E-state index is 0.0915. The number of carbonyl (C=O) groups is 1. The molecule has 6 rings (SSSR count). The first-order valence-electron chi connectivity index (χ1n) is 12.1. The quantitative estimate of drug-likeness (QED) is 0.451. The first-order valence-corrected chi connectivity index (χ1v) is 12.1. The van der Waals surface area contributed by atoms with E-state index >= 15 is 0 Å². The third kappa shape index (κ3) is 3.23. The molecule has 1 saturated carbocycles. The Hall–Kier alpha value is -3.81. The van der Waals surface area contributed by atoms with Gasteiger partial charge in [0.15, 0.2) is 0 Å². The van der Waals surface area contributed by atoms with E-state index in [0.717, 1.165) is 54.1 Å². The Balaban J connectivity index is 1.28. The number of primary amides is 1. The van der Waals surface area contributed by atoms with Crippen LogP contribution in [0.15, 0.2) is 48.7 Å². The van der Waals surface area contributed by atoms with Gasteiger partial charge >= 0.3 is 0 Å². The molecule has 3 heterocycles. The summed E-state index contributed by atoms with van der Waals surface area (Å²) in [6.07, 6.45) is 3.73. The number of aryl methyl sites for hydroxylation is 1. The molecule has 178 valence electrons. The van der Waals surface area contributed by atoms with E-state index in [1.165, 1.54) is 0 Å². The summed E-state index contributed by atoms with van der Waals surface area (Å²) in [5.74, 6) is 1.14. The number of hydrogen-bond acceptors (Lipinski definition) is 5. The van der Waals surface area contributed by atoms with Gasteiger partial charge in [-0.25, -0.2) is 14.4 Å². The van der Waals surface area contributed by atoms with Gasteiger partial charge in [-0.15, -0.1) is 0 Å². The van der Waals surface area contributed by atoms with Gasteiger partial charge in [0.1, 0.15) is 17.2 Å². The highest BCUT2D eigenvalue weighted by Crippen LogP contribution is 2.65. The van der Waals surface area contributed by atoms with Gasteiger partial charge in [-0.3, -0.25) is 9.89 Å². The summed E-state index contributed by atoms with van der Waals surface area (Å²) < 4.78 is 14.7. The number of nitrogens with two attached hydrogens (primary N) is 1. The number of aromatic nitrogens is 4. The van der Waals surface area contributed by atoms with Crippen molar-refractivity contribution in [3.05, 3.63) is 71.2 Å². The maximum absolute atomic E-state index is 14.7. The Bertz CT molecular complexity index is 1470. The van der Waals surface area contributed by atoms with E-state index in [9.17, 15) is 9.18 Å². The van der Waals surface area contributed by atoms with E-state index in [1.807, 2.05) is 25.1 Å². The molecule has 2 fully saturated rings. The number of anilines is 1. The number of amides is 1. The van der Waals surface area contributed by atoms with Crippen molar-refractivity contribution in [3.63, 3.8) is 0 Å². The maximum atomic E-state index is 14.7. The van der Waals surface area contributed by atoms with Crippen LogP contribution in [0, 0.1) is 24.6 Å². The average Bonchev–Trinajstić information content (AvgIpc) is 3.33. The highest BCUT2D eigenvalue weighted by molar-refractivity contribution is 5.95. The molecule has 2 aromatic heterocycles. The number of nitrogens with one attached hydrogen (secondary N) is 1. The number of hydrogen-bond donors (Lipinski definition) is 2. The standard InChI is InChI=1S/C27H27FN6O/c1-3-27(19-6-4-5-7-21(19)28)18-10-11-34(14-20(18)27)22-13-30-24-23(32-33-26(24)31-22)17-9-8-16(25(29)35)12-15(17)2/h4-9,12-13,18,20H,3,10-11,14H2,1-2H3,(H2,29,35)(H,31,32,33)/t18-,20+,27-/m1/s1. The van der Waals surface area contributed by atoms with E-state index < -0.39 is 5.91 Å². The number of halogens is 1. The molecule has 0 bridgehead atoms. The highest BCUT2D eigenvalue weighted by atomic mass is 19.1. The van der Waals surface area contributed by atoms with Crippen molar-refractivity contribution in [1.29, 1.82) is 0 Å². The first-order chi connectivity index (χ1) is 16.9. The lowest BCUT2D eigenvalue weighted by atomic mass is 9.88. The van der Waals surface area contributed by atoms with Crippen LogP contribution in [0.3, 0.4) is 0 Å². The largest absolute Gasteiger partial charge is 0.366 e. The van der Waals surface area contributed by atoms with Crippen LogP contribution in [-0.2, 0) is 5.41 Å². The summed E-state index contributed by atoms with van der Waals surface area (Å²) in [6, 6.07) is 12.6. The lowest BCUT2D eigenvalue weighted by Gasteiger charge is -2.26. The number of nitrogens with zero attached hydrogens (tertiary/aromatic N) is 4. The third-order valence-corrected chi connectivity index (χ3v) is 8.14. The number of piperidine rings is 1. The lowest BCUT2D eigenvalue weighted by molar-refractivity contribution is 0.1000. The van der Waals surface area contributed by atoms with Crippen LogP contribution in [0.5, 0.6) is 0 Å². The molecule has 2 aliphatic rings. The molecule has 0 unspecified atom stereocenters. The van der Waals surface area contributed by atoms with Gasteiger partial charge in [0.05, 0.1) is 11.9 Å². The second-order valence-corrected chi connectivity index (χ2v) is 9.71. The van der Waals surface area contributed by atoms with Crippen LogP contribution in [-0.4, -0.2) is 39.2 Å². The molecule has 2 aromatic carbocycles. The van der Waals surface area contributed by atoms with Gasteiger partial charge in [0.2, 0.25) is 11.6 Å². The zero-order valence-electron chi connectivity index (χ0n) is 19.8. The van der Waals surface area contributed by atoms with Crippen molar-refractivity contribution in [3.8, 4) is 11.3 Å². The molecular formula is C27H27FN6O. The van der Waals surface area contributed by atoms with Crippen molar-refractivity contribution in [2.45, 2.75) is 32.1 Å². The van der Waals surface area contributed by atoms with Gasteiger partial charge in [0.25, 0.3) is 0 Å². The van der Waals surface area contributed by atoms with E-state index in [1.54, 1.807) is 30.5 Å². The molecule has 8 heteroatoms. The Morgan fingerprint density at radius 3 is 2.83 bits per heavy atom. The summed E-state index contributed by atoms with van der Waals surface area (Å²) in [7, 11) is 0. The van der Waals surface area contributed by atoms with Crippen molar-refractivity contribution >= 4 is 22.9 Å². The summed E-state index contributed by atoms with van der Waals surface area (Å²) in [5, 5.41) is 7.48. The fourth-order valence-corrected chi connectivity index (χ4v) is 6.36. The van der Waals surface area contributed by atoms with E-state index in [4.69, 9.17) is 15.7 Å². The van der Waals surface area contributed by atoms with E-state index in [0.29, 0.717) is 28.6 Å². The average molecular weight is 471 g/mol. The molecule has 1 amide bonds. The van der Waals surface area contributed by atoms with Gasteiger partial charge in [-0.2, -0.15) is 5.10 Å². The van der Waals surface area contributed by atoms with Crippen molar-refractivity contribution < 1.29 is 9.18 Å². The van der Waals surface area contributed by atoms with E-state index in [-0.39, 0.29) is 11.2 Å². The number of rotatable bonds is 5. The predicted molar refractivity (Wildman–Crippen MR) is 133 cm³/mol.